The van der Waals surface area contributed by atoms with Crippen molar-refractivity contribution in [2.75, 3.05) is 0 Å². The maximum absolute atomic E-state index is 5.23. The van der Waals surface area contributed by atoms with Gasteiger partial charge in [-0.15, -0.1) is 0 Å². The molecule has 0 saturated heterocycles. The van der Waals surface area contributed by atoms with Crippen LogP contribution >= 0.6 is 0 Å². The van der Waals surface area contributed by atoms with Crippen LogP contribution in [-0.2, 0) is 0 Å². The van der Waals surface area contributed by atoms with Gasteiger partial charge in [0.25, 0.3) is 0 Å². The van der Waals surface area contributed by atoms with Gasteiger partial charge >= 0.3 is 0 Å². The van der Waals surface area contributed by atoms with Crippen molar-refractivity contribution in [1.82, 2.24) is 0 Å². The minimum absolute atomic E-state index is 1.19. The number of rotatable bonds is 3. The Kier molecular flexibility index (Phi) is 4.86. The largest absolute Gasteiger partial charge is 0.405 e. The van der Waals surface area contributed by atoms with Crippen LogP contribution in [0.5, 0.6) is 0 Å². The number of allylic oxidation sites excluding steroid dienone is 6. The van der Waals surface area contributed by atoms with Crippen LogP contribution in [0.2, 0.25) is 0 Å². The zero-order valence-electron chi connectivity index (χ0n) is 8.09. The quantitative estimate of drug-likeness (QED) is 0.636. The average molecular weight is 163 g/mol. The molecule has 1 nitrogen and oxygen atoms in total. The summed E-state index contributed by atoms with van der Waals surface area (Å²) in [7, 11) is 0. The number of hydrogen-bond acceptors (Lipinski definition) is 1. The van der Waals surface area contributed by atoms with Gasteiger partial charge in [0, 0.05) is 0 Å². The smallest absolute Gasteiger partial charge is 0.00623 e. The first-order chi connectivity index (χ1) is 5.63. The zero-order valence-corrected chi connectivity index (χ0v) is 8.09. The topological polar surface area (TPSA) is 26.0 Å². The Balaban J connectivity index is 4.77. The molecule has 1 heteroatoms. The van der Waals surface area contributed by atoms with Gasteiger partial charge < -0.3 is 5.73 Å². The fourth-order valence-electron chi connectivity index (χ4n) is 1.05. The highest BCUT2D eigenvalue weighted by molar-refractivity contribution is 5.41. The molecule has 0 bridgehead atoms. The van der Waals surface area contributed by atoms with Crippen LogP contribution in [0.25, 0.3) is 0 Å². The van der Waals surface area contributed by atoms with Crippen molar-refractivity contribution >= 4 is 0 Å². The highest BCUT2D eigenvalue weighted by Gasteiger charge is 1.94. The Morgan fingerprint density at radius 2 is 1.83 bits per heavy atom. The van der Waals surface area contributed by atoms with E-state index in [0.29, 0.717) is 0 Å². The summed E-state index contributed by atoms with van der Waals surface area (Å²) in [5.74, 6) is 0. The van der Waals surface area contributed by atoms with Gasteiger partial charge in [0.05, 0.1) is 0 Å². The molecule has 0 aromatic heterocycles. The van der Waals surface area contributed by atoms with Crippen molar-refractivity contribution in [3.8, 4) is 0 Å². The summed E-state index contributed by atoms with van der Waals surface area (Å²) in [5.41, 5.74) is 8.87. The van der Waals surface area contributed by atoms with Crippen LogP contribution in [-0.4, -0.2) is 0 Å². The molecule has 0 aromatic rings. The molecule has 12 heavy (non-hydrogen) atoms. The fraction of sp³-hybridized carbons (Fsp3) is 0.273. The molecule has 0 atom stereocenters. The van der Waals surface area contributed by atoms with Crippen LogP contribution in [0.1, 0.15) is 20.8 Å². The number of hydrogen-bond donors (Lipinski definition) is 1. The first-order valence-corrected chi connectivity index (χ1v) is 3.99. The molecular weight excluding hydrogens is 146 g/mol. The van der Waals surface area contributed by atoms with Crippen molar-refractivity contribution in [3.63, 3.8) is 0 Å². The second-order valence-electron chi connectivity index (χ2n) is 2.85. The molecule has 0 unspecified atom stereocenters. The molecule has 0 aliphatic rings. The molecule has 0 aliphatic heterocycles. The fourth-order valence-corrected chi connectivity index (χ4v) is 1.05. The van der Waals surface area contributed by atoms with Crippen LogP contribution in [0.4, 0.5) is 0 Å². The third kappa shape index (κ3) is 3.24. The highest BCUT2D eigenvalue weighted by atomic mass is 14.5. The molecule has 0 spiro atoms. The molecule has 0 rings (SSSR count). The third-order valence-corrected chi connectivity index (χ3v) is 1.62. The molecule has 0 fully saturated rings. The van der Waals surface area contributed by atoms with Gasteiger partial charge in [-0.05, 0) is 44.2 Å². The Morgan fingerprint density at radius 3 is 2.17 bits per heavy atom. The molecule has 0 amide bonds. The first kappa shape index (κ1) is 10.8. The lowest BCUT2D eigenvalue weighted by molar-refractivity contribution is 1.28. The summed E-state index contributed by atoms with van der Waals surface area (Å²) in [6.07, 6.45) is 7.19. The summed E-state index contributed by atoms with van der Waals surface area (Å²) in [4.78, 5) is 0. The van der Waals surface area contributed by atoms with Crippen molar-refractivity contribution in [2.24, 2.45) is 5.73 Å². The second kappa shape index (κ2) is 5.42. The van der Waals surface area contributed by atoms with E-state index in [-0.39, 0.29) is 0 Å². The summed E-state index contributed by atoms with van der Waals surface area (Å²) in [5, 5.41) is 0. The van der Waals surface area contributed by atoms with E-state index in [2.05, 4.69) is 20.4 Å². The van der Waals surface area contributed by atoms with Gasteiger partial charge in [0.2, 0.25) is 0 Å². The van der Waals surface area contributed by atoms with Crippen molar-refractivity contribution in [3.05, 3.63) is 47.7 Å². The van der Waals surface area contributed by atoms with E-state index in [4.69, 9.17) is 5.73 Å². The molecule has 0 heterocycles. The second-order valence-corrected chi connectivity index (χ2v) is 2.85. The van der Waals surface area contributed by atoms with Crippen molar-refractivity contribution in [2.45, 2.75) is 20.8 Å². The van der Waals surface area contributed by atoms with E-state index in [1.807, 2.05) is 25.2 Å². The number of nitrogens with two attached hydrogens (primary N) is 1. The van der Waals surface area contributed by atoms with Crippen LogP contribution in [0, 0.1) is 0 Å². The summed E-state index contributed by atoms with van der Waals surface area (Å²) < 4.78 is 0. The minimum atomic E-state index is 1.19. The Labute approximate surface area is 75.0 Å². The van der Waals surface area contributed by atoms with Crippen LogP contribution in [0.15, 0.2) is 47.7 Å². The summed E-state index contributed by atoms with van der Waals surface area (Å²) >= 11 is 0. The van der Waals surface area contributed by atoms with E-state index in [9.17, 15) is 0 Å². The lowest BCUT2D eigenvalue weighted by Gasteiger charge is -2.03. The van der Waals surface area contributed by atoms with E-state index in [0.717, 1.165) is 0 Å². The normalized spacial score (nSPS) is 11.8. The molecule has 0 aromatic carbocycles. The van der Waals surface area contributed by atoms with Gasteiger partial charge in [-0.1, -0.05) is 24.3 Å². The molecule has 0 aliphatic carbocycles. The molecule has 66 valence electrons. The van der Waals surface area contributed by atoms with E-state index in [1.165, 1.54) is 22.9 Å². The van der Waals surface area contributed by atoms with Crippen LogP contribution in [0.3, 0.4) is 0 Å². The van der Waals surface area contributed by atoms with E-state index in [1.54, 1.807) is 0 Å². The maximum Gasteiger partial charge on any atom is -0.00623 e. The summed E-state index contributed by atoms with van der Waals surface area (Å²) in [6.45, 7) is 9.94. The third-order valence-electron chi connectivity index (χ3n) is 1.62. The molecule has 2 N–H and O–H groups in total. The van der Waals surface area contributed by atoms with Gasteiger partial charge in [0.15, 0.2) is 0 Å². The maximum atomic E-state index is 5.23. The minimum Gasteiger partial charge on any atom is -0.405 e. The monoisotopic (exact) mass is 163 g/mol. The lowest BCUT2D eigenvalue weighted by atomic mass is 10.0. The molecule has 0 radical (unpaired) electrons. The Morgan fingerprint density at radius 1 is 1.25 bits per heavy atom. The zero-order chi connectivity index (χ0) is 9.56. The van der Waals surface area contributed by atoms with E-state index < -0.39 is 0 Å². The van der Waals surface area contributed by atoms with Gasteiger partial charge in [0.1, 0.15) is 0 Å². The summed E-state index contributed by atoms with van der Waals surface area (Å²) in [6, 6.07) is 0. The van der Waals surface area contributed by atoms with Gasteiger partial charge in [-0.25, -0.2) is 0 Å². The highest BCUT2D eigenvalue weighted by Crippen LogP contribution is 2.14. The van der Waals surface area contributed by atoms with Crippen molar-refractivity contribution < 1.29 is 0 Å². The molecular formula is C11H17N. The Bertz CT molecular complexity index is 238. The predicted molar refractivity (Wildman–Crippen MR) is 55.7 cm³/mol. The first-order valence-electron chi connectivity index (χ1n) is 3.99. The van der Waals surface area contributed by atoms with Crippen LogP contribution < -0.4 is 5.73 Å². The average Bonchev–Trinajstić information content (AvgIpc) is 2.01. The van der Waals surface area contributed by atoms with Gasteiger partial charge in [-0.3, -0.25) is 0 Å². The lowest BCUT2D eigenvalue weighted by Crippen LogP contribution is -1.84. The molecule has 0 saturated carbocycles. The van der Waals surface area contributed by atoms with E-state index >= 15 is 0 Å². The van der Waals surface area contributed by atoms with Gasteiger partial charge in [-0.2, -0.15) is 0 Å². The standard InChI is InChI=1S/C11H17N/c1-5-11(9(2)3)10(4)7-6-8-12/h5-8H,1,12H2,2-4H3/b8-6+,10-7-. The van der Waals surface area contributed by atoms with Crippen molar-refractivity contribution in [1.29, 1.82) is 0 Å². The Hall–Kier alpha value is -1.24. The predicted octanol–water partition coefficient (Wildman–Crippen LogP) is 2.93. The SMILES string of the molecule is C=CC(=C(C)C)/C(C)=C\C=C\N.